The van der Waals surface area contributed by atoms with Crippen LogP contribution in [0.3, 0.4) is 0 Å². The summed E-state index contributed by atoms with van der Waals surface area (Å²) in [4.78, 5) is 16.2. The van der Waals surface area contributed by atoms with Crippen LogP contribution in [0.4, 0.5) is 5.82 Å². The van der Waals surface area contributed by atoms with Crippen molar-refractivity contribution in [3.63, 3.8) is 0 Å². The van der Waals surface area contributed by atoms with Crippen LogP contribution in [0, 0.1) is 0 Å². The van der Waals surface area contributed by atoms with Crippen molar-refractivity contribution in [2.24, 2.45) is 5.73 Å². The summed E-state index contributed by atoms with van der Waals surface area (Å²) in [5, 5.41) is 0. The van der Waals surface area contributed by atoms with Gasteiger partial charge in [0.1, 0.15) is 5.82 Å². The first-order chi connectivity index (χ1) is 7.31. The number of nitrogens with zero attached hydrogens (tertiary/aromatic N) is 4. The van der Waals surface area contributed by atoms with E-state index >= 15 is 0 Å². The molecule has 0 bridgehead atoms. The molecule has 0 atom stereocenters. The van der Waals surface area contributed by atoms with Crippen LogP contribution in [0.5, 0.6) is 0 Å². The summed E-state index contributed by atoms with van der Waals surface area (Å²) >= 11 is 0. The molecule has 0 aliphatic heterocycles. The molecule has 0 saturated heterocycles. The smallest absolute Gasteiger partial charge is 0.199 e. The minimum Gasteiger partial charge on any atom is -0.383 e. The lowest BCUT2D eigenvalue weighted by molar-refractivity contribution is 1.00. The molecule has 2 aromatic heterocycles. The highest BCUT2D eigenvalue weighted by Crippen LogP contribution is 2.12. The van der Waals surface area contributed by atoms with Crippen LogP contribution in [0.25, 0.3) is 11.6 Å². The maximum Gasteiger partial charge on any atom is 0.199 e. The van der Waals surface area contributed by atoms with Crippen molar-refractivity contribution >= 4 is 5.82 Å². The Hall–Kier alpha value is -2.08. The number of hydrogen-bond donors (Lipinski definition) is 2. The molecule has 0 aliphatic rings. The molecule has 4 N–H and O–H groups in total. The highest BCUT2D eigenvalue weighted by molar-refractivity contribution is 5.48. The topological polar surface area (TPSA) is 104 Å². The summed E-state index contributed by atoms with van der Waals surface area (Å²) in [5.74, 6) is 1.23. The van der Waals surface area contributed by atoms with Gasteiger partial charge in [0.2, 0.25) is 0 Å². The van der Waals surface area contributed by atoms with Crippen molar-refractivity contribution in [2.45, 2.75) is 6.54 Å². The number of aromatic nitrogens is 4. The van der Waals surface area contributed by atoms with E-state index in [0.29, 0.717) is 24.0 Å². The summed E-state index contributed by atoms with van der Waals surface area (Å²) in [7, 11) is 0. The Morgan fingerprint density at radius 2 is 1.80 bits per heavy atom. The number of nitrogens with two attached hydrogens (primary N) is 2. The third-order valence-electron chi connectivity index (χ3n) is 1.88. The van der Waals surface area contributed by atoms with E-state index in [-0.39, 0.29) is 0 Å². The summed E-state index contributed by atoms with van der Waals surface area (Å²) in [6, 6.07) is 1.72. The Balaban J connectivity index is 2.43. The first-order valence-corrected chi connectivity index (χ1v) is 4.40. The maximum atomic E-state index is 5.68. The van der Waals surface area contributed by atoms with Gasteiger partial charge in [-0.25, -0.2) is 19.9 Å². The van der Waals surface area contributed by atoms with E-state index in [1.807, 2.05) is 0 Å². The van der Waals surface area contributed by atoms with Crippen LogP contribution in [-0.4, -0.2) is 19.9 Å². The van der Waals surface area contributed by atoms with Gasteiger partial charge in [-0.15, -0.1) is 0 Å². The molecule has 15 heavy (non-hydrogen) atoms. The van der Waals surface area contributed by atoms with E-state index in [4.69, 9.17) is 11.5 Å². The second kappa shape index (κ2) is 3.97. The van der Waals surface area contributed by atoms with E-state index in [9.17, 15) is 0 Å². The molecule has 2 heterocycles. The van der Waals surface area contributed by atoms with Crippen molar-refractivity contribution in [1.29, 1.82) is 0 Å². The number of anilines is 1. The Bertz CT molecular complexity index is 455. The van der Waals surface area contributed by atoms with Crippen molar-refractivity contribution in [3.8, 4) is 11.6 Å². The summed E-state index contributed by atoms with van der Waals surface area (Å²) in [6.45, 7) is 0.321. The number of nitrogen functional groups attached to an aromatic ring is 1. The highest BCUT2D eigenvalue weighted by atomic mass is 15.0. The van der Waals surface area contributed by atoms with Crippen LogP contribution in [0.2, 0.25) is 0 Å². The second-order valence-electron chi connectivity index (χ2n) is 2.88. The molecular weight excluding hydrogens is 192 g/mol. The van der Waals surface area contributed by atoms with E-state index in [1.54, 1.807) is 24.7 Å². The standard InChI is InChI=1S/C9H10N6/c10-4-6-5-14-9(15-7(6)11)8-12-2-1-3-13-8/h1-3,5H,4,10H2,(H2,11,14,15). The predicted octanol–water partition coefficient (Wildman–Crippen LogP) is -0.0255. The zero-order chi connectivity index (χ0) is 10.7. The van der Waals surface area contributed by atoms with Gasteiger partial charge in [-0.3, -0.25) is 0 Å². The minimum atomic E-state index is 0.321. The molecule has 2 aromatic rings. The Morgan fingerprint density at radius 1 is 1.07 bits per heavy atom. The Morgan fingerprint density at radius 3 is 2.40 bits per heavy atom. The first-order valence-electron chi connectivity index (χ1n) is 4.40. The van der Waals surface area contributed by atoms with Gasteiger partial charge < -0.3 is 11.5 Å². The molecule has 0 aromatic carbocycles. The lowest BCUT2D eigenvalue weighted by Gasteiger charge is -2.02. The summed E-state index contributed by atoms with van der Waals surface area (Å²) in [6.07, 6.45) is 4.84. The molecule has 0 aliphatic carbocycles. The normalized spacial score (nSPS) is 10.2. The fourth-order valence-electron chi connectivity index (χ4n) is 1.10. The van der Waals surface area contributed by atoms with Gasteiger partial charge in [-0.1, -0.05) is 0 Å². The average molecular weight is 202 g/mol. The van der Waals surface area contributed by atoms with Gasteiger partial charge in [-0.2, -0.15) is 0 Å². The molecule has 6 nitrogen and oxygen atoms in total. The monoisotopic (exact) mass is 202 g/mol. The van der Waals surface area contributed by atoms with Gasteiger partial charge in [0, 0.05) is 30.7 Å². The molecule has 0 fully saturated rings. The van der Waals surface area contributed by atoms with E-state index in [2.05, 4.69) is 19.9 Å². The largest absolute Gasteiger partial charge is 0.383 e. The average Bonchev–Trinajstić information content (AvgIpc) is 2.30. The van der Waals surface area contributed by atoms with Gasteiger partial charge in [0.25, 0.3) is 0 Å². The molecule has 0 spiro atoms. The summed E-state index contributed by atoms with van der Waals surface area (Å²) < 4.78 is 0. The highest BCUT2D eigenvalue weighted by Gasteiger charge is 2.06. The molecule has 2 rings (SSSR count). The van der Waals surface area contributed by atoms with Crippen molar-refractivity contribution in [1.82, 2.24) is 19.9 Å². The lowest BCUT2D eigenvalue weighted by Crippen LogP contribution is -2.06. The minimum absolute atomic E-state index is 0.321. The molecule has 0 amide bonds. The van der Waals surface area contributed by atoms with Gasteiger partial charge in [0.05, 0.1) is 0 Å². The van der Waals surface area contributed by atoms with Crippen LogP contribution < -0.4 is 11.5 Å². The summed E-state index contributed by atoms with van der Waals surface area (Å²) in [5.41, 5.74) is 11.8. The SMILES string of the molecule is NCc1cnc(-c2ncccn2)nc1N. The zero-order valence-electron chi connectivity index (χ0n) is 7.96. The number of rotatable bonds is 2. The van der Waals surface area contributed by atoms with E-state index in [0.717, 1.165) is 5.56 Å². The third-order valence-corrected chi connectivity index (χ3v) is 1.88. The fraction of sp³-hybridized carbons (Fsp3) is 0.111. The third kappa shape index (κ3) is 1.89. The molecule has 6 heteroatoms. The first kappa shape index (κ1) is 9.47. The Kier molecular flexibility index (Phi) is 2.51. The molecule has 0 unspecified atom stereocenters. The predicted molar refractivity (Wildman–Crippen MR) is 55.4 cm³/mol. The molecule has 0 saturated carbocycles. The Labute approximate surface area is 86.4 Å². The fourth-order valence-corrected chi connectivity index (χ4v) is 1.10. The lowest BCUT2D eigenvalue weighted by atomic mass is 10.3. The molecule has 0 radical (unpaired) electrons. The zero-order valence-corrected chi connectivity index (χ0v) is 7.96. The van der Waals surface area contributed by atoms with Gasteiger partial charge >= 0.3 is 0 Å². The second-order valence-corrected chi connectivity index (χ2v) is 2.88. The van der Waals surface area contributed by atoms with Gasteiger partial charge in [-0.05, 0) is 6.07 Å². The van der Waals surface area contributed by atoms with E-state index < -0.39 is 0 Å². The van der Waals surface area contributed by atoms with Crippen LogP contribution in [0.15, 0.2) is 24.7 Å². The molecule has 76 valence electrons. The molecular formula is C9H10N6. The number of hydrogen-bond acceptors (Lipinski definition) is 6. The van der Waals surface area contributed by atoms with Crippen LogP contribution >= 0.6 is 0 Å². The quantitative estimate of drug-likeness (QED) is 0.709. The van der Waals surface area contributed by atoms with Crippen molar-refractivity contribution in [3.05, 3.63) is 30.2 Å². The van der Waals surface area contributed by atoms with Crippen molar-refractivity contribution < 1.29 is 0 Å². The van der Waals surface area contributed by atoms with Crippen LogP contribution in [-0.2, 0) is 6.54 Å². The van der Waals surface area contributed by atoms with Crippen molar-refractivity contribution in [2.75, 3.05) is 5.73 Å². The maximum absolute atomic E-state index is 5.68. The van der Waals surface area contributed by atoms with Crippen LogP contribution in [0.1, 0.15) is 5.56 Å². The van der Waals surface area contributed by atoms with E-state index in [1.165, 1.54) is 0 Å². The van der Waals surface area contributed by atoms with Gasteiger partial charge in [0.15, 0.2) is 11.6 Å².